The van der Waals surface area contributed by atoms with Gasteiger partial charge < -0.3 is 15.7 Å². The Balaban J connectivity index is 2.53. The minimum Gasteiger partial charge on any atom is -0.390 e. The average molecular weight is 212 g/mol. The van der Waals surface area contributed by atoms with Crippen molar-refractivity contribution in [1.82, 2.24) is 14.7 Å². The van der Waals surface area contributed by atoms with E-state index in [0.29, 0.717) is 13.1 Å². The fourth-order valence-corrected chi connectivity index (χ4v) is 1.29. The average Bonchev–Trinajstić information content (AvgIpc) is 2.50. The molecule has 1 aromatic heterocycles. The van der Waals surface area contributed by atoms with Gasteiger partial charge in [-0.05, 0) is 20.2 Å². The van der Waals surface area contributed by atoms with Gasteiger partial charge in [-0.15, -0.1) is 0 Å². The normalized spacial score (nSPS) is 13.1. The quantitative estimate of drug-likeness (QED) is 0.649. The van der Waals surface area contributed by atoms with Gasteiger partial charge in [0, 0.05) is 12.7 Å². The molecule has 1 rings (SSSR count). The summed E-state index contributed by atoms with van der Waals surface area (Å²) in [5.74, 6) is -0.559. The maximum absolute atomic E-state index is 10.8. The molecule has 1 heterocycles. The second kappa shape index (κ2) is 4.90. The van der Waals surface area contributed by atoms with Crippen LogP contribution in [-0.2, 0) is 6.54 Å². The number of nitrogens with two attached hydrogens (primary N) is 1. The van der Waals surface area contributed by atoms with Crippen molar-refractivity contribution in [2.75, 3.05) is 20.6 Å². The standard InChI is InChI=1S/C9H16N4O2/c1-12(2)5-7(14)6-13-4-3-8(11-13)9(10)15/h3-4,7,14H,5-6H2,1-2H3,(H2,10,15)/t7-/m0/s1. The summed E-state index contributed by atoms with van der Waals surface area (Å²) < 4.78 is 1.51. The van der Waals surface area contributed by atoms with Gasteiger partial charge in [0.25, 0.3) is 5.91 Å². The third kappa shape index (κ3) is 3.69. The van der Waals surface area contributed by atoms with Crippen LogP contribution < -0.4 is 5.73 Å². The van der Waals surface area contributed by atoms with Gasteiger partial charge in [-0.2, -0.15) is 5.10 Å². The van der Waals surface area contributed by atoms with Crippen molar-refractivity contribution in [3.8, 4) is 0 Å². The first-order valence-corrected chi connectivity index (χ1v) is 4.65. The SMILES string of the molecule is CN(C)C[C@H](O)Cn1ccc(C(N)=O)n1. The van der Waals surface area contributed by atoms with Crippen LogP contribution in [0.2, 0.25) is 0 Å². The van der Waals surface area contributed by atoms with Crippen LogP contribution in [0.5, 0.6) is 0 Å². The summed E-state index contributed by atoms with van der Waals surface area (Å²) in [7, 11) is 3.75. The Hall–Kier alpha value is -1.40. The zero-order valence-corrected chi connectivity index (χ0v) is 8.92. The van der Waals surface area contributed by atoms with Crippen molar-refractivity contribution in [3.63, 3.8) is 0 Å². The van der Waals surface area contributed by atoms with Crippen molar-refractivity contribution in [3.05, 3.63) is 18.0 Å². The summed E-state index contributed by atoms with van der Waals surface area (Å²) in [4.78, 5) is 12.6. The molecule has 0 aromatic carbocycles. The van der Waals surface area contributed by atoms with Crippen LogP contribution in [0.3, 0.4) is 0 Å². The van der Waals surface area contributed by atoms with E-state index in [1.807, 2.05) is 19.0 Å². The molecular formula is C9H16N4O2. The van der Waals surface area contributed by atoms with Crippen LogP contribution in [-0.4, -0.2) is 52.4 Å². The monoisotopic (exact) mass is 212 g/mol. The van der Waals surface area contributed by atoms with E-state index in [4.69, 9.17) is 5.73 Å². The molecule has 6 heteroatoms. The van der Waals surface area contributed by atoms with Crippen LogP contribution >= 0.6 is 0 Å². The molecule has 3 N–H and O–H groups in total. The summed E-state index contributed by atoms with van der Waals surface area (Å²) in [5, 5.41) is 13.5. The van der Waals surface area contributed by atoms with E-state index < -0.39 is 12.0 Å². The second-order valence-electron chi connectivity index (χ2n) is 3.70. The molecule has 0 spiro atoms. The van der Waals surface area contributed by atoms with Crippen LogP contribution in [0.4, 0.5) is 0 Å². The summed E-state index contributed by atoms with van der Waals surface area (Å²) in [6.45, 7) is 0.900. The molecule has 0 bridgehead atoms. The van der Waals surface area contributed by atoms with E-state index in [-0.39, 0.29) is 5.69 Å². The Morgan fingerprint density at radius 1 is 1.73 bits per heavy atom. The molecule has 0 saturated carbocycles. The van der Waals surface area contributed by atoms with Gasteiger partial charge in [0.15, 0.2) is 0 Å². The first kappa shape index (κ1) is 11.7. The number of hydrogen-bond donors (Lipinski definition) is 2. The number of primary amides is 1. The van der Waals surface area contributed by atoms with Gasteiger partial charge in [-0.3, -0.25) is 9.48 Å². The molecule has 0 radical (unpaired) electrons. The van der Waals surface area contributed by atoms with Gasteiger partial charge in [0.1, 0.15) is 5.69 Å². The predicted octanol–water partition coefficient (Wildman–Crippen LogP) is -1.10. The lowest BCUT2D eigenvalue weighted by molar-refractivity contribution is 0.0988. The number of aromatic nitrogens is 2. The molecule has 1 aromatic rings. The Morgan fingerprint density at radius 3 is 2.87 bits per heavy atom. The number of likely N-dealkylation sites (N-methyl/N-ethyl adjacent to an activating group) is 1. The first-order valence-electron chi connectivity index (χ1n) is 4.65. The number of nitrogens with zero attached hydrogens (tertiary/aromatic N) is 3. The maximum atomic E-state index is 10.8. The number of aliphatic hydroxyl groups is 1. The Kier molecular flexibility index (Phi) is 3.81. The van der Waals surface area contributed by atoms with Crippen LogP contribution in [0.15, 0.2) is 12.3 Å². The fourth-order valence-electron chi connectivity index (χ4n) is 1.29. The van der Waals surface area contributed by atoms with Crippen molar-refractivity contribution in [2.24, 2.45) is 5.73 Å². The van der Waals surface area contributed by atoms with Crippen molar-refractivity contribution in [1.29, 1.82) is 0 Å². The highest BCUT2D eigenvalue weighted by atomic mass is 16.3. The van der Waals surface area contributed by atoms with Crippen LogP contribution in [0.1, 0.15) is 10.5 Å². The van der Waals surface area contributed by atoms with Crippen molar-refractivity contribution >= 4 is 5.91 Å². The van der Waals surface area contributed by atoms with E-state index >= 15 is 0 Å². The lowest BCUT2D eigenvalue weighted by Crippen LogP contribution is -2.29. The Labute approximate surface area is 88.3 Å². The van der Waals surface area contributed by atoms with Gasteiger partial charge in [-0.1, -0.05) is 0 Å². The van der Waals surface area contributed by atoms with Gasteiger partial charge in [-0.25, -0.2) is 0 Å². The molecule has 0 saturated heterocycles. The highest BCUT2D eigenvalue weighted by molar-refractivity contribution is 5.90. The zero-order valence-electron chi connectivity index (χ0n) is 8.92. The third-order valence-corrected chi connectivity index (χ3v) is 1.87. The summed E-state index contributed by atoms with van der Waals surface area (Å²) in [5.41, 5.74) is 5.27. The topological polar surface area (TPSA) is 84.4 Å². The predicted molar refractivity (Wildman–Crippen MR) is 55.3 cm³/mol. The minimum atomic E-state index is -0.559. The molecule has 6 nitrogen and oxygen atoms in total. The highest BCUT2D eigenvalue weighted by Crippen LogP contribution is 1.97. The third-order valence-electron chi connectivity index (χ3n) is 1.87. The van der Waals surface area contributed by atoms with Crippen molar-refractivity contribution < 1.29 is 9.90 Å². The van der Waals surface area contributed by atoms with Crippen LogP contribution in [0, 0.1) is 0 Å². The summed E-state index contributed by atoms with van der Waals surface area (Å²) in [6, 6.07) is 1.53. The Morgan fingerprint density at radius 2 is 2.40 bits per heavy atom. The lowest BCUT2D eigenvalue weighted by Gasteiger charge is -2.15. The van der Waals surface area contributed by atoms with E-state index in [9.17, 15) is 9.90 Å². The molecule has 1 amide bonds. The molecule has 0 aliphatic carbocycles. The zero-order chi connectivity index (χ0) is 11.4. The van der Waals surface area contributed by atoms with Crippen molar-refractivity contribution in [2.45, 2.75) is 12.6 Å². The summed E-state index contributed by atoms with van der Waals surface area (Å²) >= 11 is 0. The minimum absolute atomic E-state index is 0.215. The van der Waals surface area contributed by atoms with E-state index in [2.05, 4.69) is 5.10 Å². The Bertz CT molecular complexity index is 335. The largest absolute Gasteiger partial charge is 0.390 e. The number of carbonyl (C=O) groups is 1. The van der Waals surface area contributed by atoms with E-state index in [0.717, 1.165) is 0 Å². The van der Waals surface area contributed by atoms with Gasteiger partial charge in [0.05, 0.1) is 12.6 Å². The molecule has 0 aliphatic heterocycles. The van der Waals surface area contributed by atoms with E-state index in [1.165, 1.54) is 10.7 Å². The molecule has 84 valence electrons. The molecule has 1 atom stereocenters. The number of carbonyl (C=O) groups excluding carboxylic acids is 1. The molecule has 0 aliphatic rings. The number of hydrogen-bond acceptors (Lipinski definition) is 4. The maximum Gasteiger partial charge on any atom is 0.269 e. The fraction of sp³-hybridized carbons (Fsp3) is 0.556. The molecular weight excluding hydrogens is 196 g/mol. The number of amides is 1. The van der Waals surface area contributed by atoms with E-state index in [1.54, 1.807) is 6.20 Å². The summed E-state index contributed by atoms with van der Waals surface area (Å²) in [6.07, 6.45) is 1.11. The smallest absolute Gasteiger partial charge is 0.269 e. The highest BCUT2D eigenvalue weighted by Gasteiger charge is 2.09. The molecule has 15 heavy (non-hydrogen) atoms. The molecule has 0 unspecified atom stereocenters. The second-order valence-corrected chi connectivity index (χ2v) is 3.70. The first-order chi connectivity index (χ1) is 6.99. The molecule has 0 fully saturated rings. The number of aliphatic hydroxyl groups excluding tert-OH is 1. The van der Waals surface area contributed by atoms with Gasteiger partial charge in [0.2, 0.25) is 0 Å². The van der Waals surface area contributed by atoms with Crippen LogP contribution in [0.25, 0.3) is 0 Å². The number of rotatable bonds is 5. The van der Waals surface area contributed by atoms with Gasteiger partial charge >= 0.3 is 0 Å². The lowest BCUT2D eigenvalue weighted by atomic mass is 10.3.